The SMILES string of the molecule is O=C(Nc1ccc(Br)cc1Cl)C12CC3CC(CC(Cl)(C3)C1)C2. The molecule has 118 valence electrons. The van der Waals surface area contributed by atoms with E-state index in [-0.39, 0.29) is 16.2 Å². The molecule has 0 heterocycles. The van der Waals surface area contributed by atoms with Gasteiger partial charge in [0.15, 0.2) is 0 Å². The first-order valence-corrected chi connectivity index (χ1v) is 9.38. The normalized spacial score (nSPS) is 39.0. The Bertz CT molecular complexity index is 634. The molecule has 0 aliphatic heterocycles. The Kier molecular flexibility index (Phi) is 3.56. The highest BCUT2D eigenvalue weighted by molar-refractivity contribution is 9.10. The van der Waals surface area contributed by atoms with Crippen LogP contribution in [0.1, 0.15) is 38.5 Å². The molecule has 0 saturated heterocycles. The summed E-state index contributed by atoms with van der Waals surface area (Å²) in [5.41, 5.74) is 0.400. The van der Waals surface area contributed by atoms with Crippen LogP contribution < -0.4 is 5.32 Å². The highest BCUT2D eigenvalue weighted by Gasteiger charge is 2.60. The Morgan fingerprint density at radius 2 is 1.91 bits per heavy atom. The molecule has 4 fully saturated rings. The molecule has 0 spiro atoms. The molecule has 4 aliphatic rings. The van der Waals surface area contributed by atoms with Crippen LogP contribution in [0.4, 0.5) is 5.69 Å². The maximum Gasteiger partial charge on any atom is 0.230 e. The Labute approximate surface area is 149 Å². The minimum atomic E-state index is -0.289. The number of benzene rings is 1. The van der Waals surface area contributed by atoms with Crippen molar-refractivity contribution in [2.45, 2.75) is 43.4 Å². The molecule has 1 amide bonds. The summed E-state index contributed by atoms with van der Waals surface area (Å²) in [5.74, 6) is 1.34. The maximum atomic E-state index is 13.0. The van der Waals surface area contributed by atoms with Crippen LogP contribution in [-0.2, 0) is 4.79 Å². The highest BCUT2D eigenvalue weighted by atomic mass is 79.9. The van der Waals surface area contributed by atoms with Crippen LogP contribution in [0.5, 0.6) is 0 Å². The lowest BCUT2D eigenvalue weighted by Gasteiger charge is -2.59. The first-order chi connectivity index (χ1) is 10.4. The summed E-state index contributed by atoms with van der Waals surface area (Å²) < 4.78 is 0.907. The van der Waals surface area contributed by atoms with Gasteiger partial charge in [-0.3, -0.25) is 4.79 Å². The van der Waals surface area contributed by atoms with E-state index in [1.165, 1.54) is 6.42 Å². The molecule has 5 rings (SSSR count). The van der Waals surface area contributed by atoms with Crippen LogP contribution in [0, 0.1) is 17.3 Å². The Balaban J connectivity index is 1.60. The summed E-state index contributed by atoms with van der Waals surface area (Å²) in [4.78, 5) is 12.9. The third-order valence-electron chi connectivity index (χ3n) is 5.65. The molecule has 4 bridgehead atoms. The topological polar surface area (TPSA) is 29.1 Å². The number of alkyl halides is 1. The lowest BCUT2D eigenvalue weighted by molar-refractivity contribution is -0.138. The van der Waals surface area contributed by atoms with Gasteiger partial charge in [-0.25, -0.2) is 0 Å². The van der Waals surface area contributed by atoms with E-state index >= 15 is 0 Å². The van der Waals surface area contributed by atoms with Gasteiger partial charge >= 0.3 is 0 Å². The molecule has 0 radical (unpaired) electrons. The molecule has 2 nitrogen and oxygen atoms in total. The zero-order valence-corrected chi connectivity index (χ0v) is 15.3. The van der Waals surface area contributed by atoms with E-state index < -0.39 is 0 Å². The van der Waals surface area contributed by atoms with Crippen molar-refractivity contribution in [1.82, 2.24) is 0 Å². The highest BCUT2D eigenvalue weighted by Crippen LogP contribution is 2.64. The van der Waals surface area contributed by atoms with Gasteiger partial charge in [-0.15, -0.1) is 11.6 Å². The van der Waals surface area contributed by atoms with Crippen molar-refractivity contribution in [1.29, 1.82) is 0 Å². The summed E-state index contributed by atoms with van der Waals surface area (Å²) in [6.45, 7) is 0. The molecule has 1 aromatic carbocycles. The second kappa shape index (κ2) is 5.12. The predicted molar refractivity (Wildman–Crippen MR) is 93.5 cm³/mol. The molecule has 2 unspecified atom stereocenters. The summed E-state index contributed by atoms with van der Waals surface area (Å²) >= 11 is 16.4. The number of anilines is 1. The number of carbonyl (C=O) groups excluding carboxylic acids is 1. The van der Waals surface area contributed by atoms with Gasteiger partial charge in [0.25, 0.3) is 0 Å². The van der Waals surface area contributed by atoms with E-state index in [9.17, 15) is 4.79 Å². The van der Waals surface area contributed by atoms with Crippen molar-refractivity contribution in [3.05, 3.63) is 27.7 Å². The molecule has 4 aliphatic carbocycles. The van der Waals surface area contributed by atoms with E-state index in [0.717, 1.165) is 36.6 Å². The average Bonchev–Trinajstić information content (AvgIpc) is 2.39. The van der Waals surface area contributed by atoms with Crippen molar-refractivity contribution in [2.24, 2.45) is 17.3 Å². The monoisotopic (exact) mass is 401 g/mol. The maximum absolute atomic E-state index is 13.0. The molecular weight excluding hydrogens is 385 g/mol. The molecule has 4 saturated carbocycles. The number of amides is 1. The second-order valence-electron chi connectivity index (χ2n) is 7.47. The van der Waals surface area contributed by atoms with Crippen LogP contribution in [0.15, 0.2) is 22.7 Å². The Morgan fingerprint density at radius 1 is 1.23 bits per heavy atom. The van der Waals surface area contributed by atoms with E-state index in [0.29, 0.717) is 22.5 Å². The van der Waals surface area contributed by atoms with Crippen LogP contribution in [-0.4, -0.2) is 10.8 Å². The summed E-state index contributed by atoms with van der Waals surface area (Å²) in [5, 5.41) is 3.62. The Morgan fingerprint density at radius 3 is 2.50 bits per heavy atom. The van der Waals surface area contributed by atoms with E-state index in [1.807, 2.05) is 12.1 Å². The van der Waals surface area contributed by atoms with Gasteiger partial charge in [0, 0.05) is 9.35 Å². The van der Waals surface area contributed by atoms with Crippen LogP contribution >= 0.6 is 39.1 Å². The number of nitrogens with one attached hydrogen (secondary N) is 1. The minimum Gasteiger partial charge on any atom is -0.324 e. The van der Waals surface area contributed by atoms with E-state index in [1.54, 1.807) is 6.07 Å². The lowest BCUT2D eigenvalue weighted by Crippen LogP contribution is -2.57. The quantitative estimate of drug-likeness (QED) is 0.639. The number of carbonyl (C=O) groups is 1. The summed E-state index contributed by atoms with van der Waals surface area (Å²) in [6.07, 6.45) is 6.20. The van der Waals surface area contributed by atoms with Gasteiger partial charge < -0.3 is 5.32 Å². The molecule has 1 aromatic rings. The van der Waals surface area contributed by atoms with Crippen LogP contribution in [0.25, 0.3) is 0 Å². The zero-order chi connectivity index (χ0) is 15.5. The molecule has 5 heteroatoms. The van der Waals surface area contributed by atoms with Crippen molar-refractivity contribution in [3.63, 3.8) is 0 Å². The van der Waals surface area contributed by atoms with Gasteiger partial charge in [-0.1, -0.05) is 27.5 Å². The fraction of sp³-hybridized carbons (Fsp3) is 0.588. The van der Waals surface area contributed by atoms with Gasteiger partial charge in [-0.05, 0) is 68.6 Å². The van der Waals surface area contributed by atoms with Crippen molar-refractivity contribution >= 4 is 50.7 Å². The third kappa shape index (κ3) is 2.50. The molecular formula is C17H18BrCl2NO. The van der Waals surface area contributed by atoms with Crippen molar-refractivity contribution in [3.8, 4) is 0 Å². The third-order valence-corrected chi connectivity index (χ3v) is 6.90. The lowest BCUT2D eigenvalue weighted by atomic mass is 9.49. The fourth-order valence-corrected chi connectivity index (χ4v) is 6.68. The predicted octanol–water partition coefficient (Wildman–Crippen LogP) is 5.62. The average molecular weight is 403 g/mol. The van der Waals surface area contributed by atoms with Gasteiger partial charge in [0.2, 0.25) is 5.91 Å². The molecule has 0 aromatic heterocycles. The number of rotatable bonds is 2. The van der Waals surface area contributed by atoms with E-state index in [4.69, 9.17) is 23.2 Å². The largest absolute Gasteiger partial charge is 0.324 e. The standard InChI is InChI=1S/C17H18BrCl2NO/c18-12-1-2-14(13(19)4-12)21-15(22)16-5-10-3-11(6-16)8-17(20,7-10)9-16/h1-2,4,10-11H,3,5-9H2,(H,21,22). The number of hydrogen-bond donors (Lipinski definition) is 1. The van der Waals surface area contributed by atoms with Gasteiger partial charge in [-0.2, -0.15) is 0 Å². The minimum absolute atomic E-state index is 0.107. The number of hydrogen-bond acceptors (Lipinski definition) is 1. The molecule has 1 N–H and O–H groups in total. The Hall–Kier alpha value is -0.250. The van der Waals surface area contributed by atoms with Crippen LogP contribution in [0.3, 0.4) is 0 Å². The van der Waals surface area contributed by atoms with E-state index in [2.05, 4.69) is 21.2 Å². The molecule has 22 heavy (non-hydrogen) atoms. The first-order valence-electron chi connectivity index (χ1n) is 7.83. The van der Waals surface area contributed by atoms with Gasteiger partial charge in [0.05, 0.1) is 16.1 Å². The second-order valence-corrected chi connectivity index (χ2v) is 9.60. The zero-order valence-electron chi connectivity index (χ0n) is 12.2. The van der Waals surface area contributed by atoms with Gasteiger partial charge in [0.1, 0.15) is 0 Å². The fourth-order valence-electron chi connectivity index (χ4n) is 5.26. The number of halogens is 3. The van der Waals surface area contributed by atoms with Crippen molar-refractivity contribution < 1.29 is 4.79 Å². The van der Waals surface area contributed by atoms with Crippen LogP contribution in [0.2, 0.25) is 5.02 Å². The van der Waals surface area contributed by atoms with Crippen molar-refractivity contribution in [2.75, 3.05) is 5.32 Å². The molecule has 2 atom stereocenters. The smallest absolute Gasteiger partial charge is 0.230 e. The summed E-state index contributed by atoms with van der Waals surface area (Å²) in [6, 6.07) is 5.55. The first kappa shape index (κ1) is 15.3. The summed E-state index contributed by atoms with van der Waals surface area (Å²) in [7, 11) is 0.